The number of esters is 1. The van der Waals surface area contributed by atoms with Crippen molar-refractivity contribution in [1.82, 2.24) is 0 Å². The number of hydrogen-bond acceptors (Lipinski definition) is 5. The summed E-state index contributed by atoms with van der Waals surface area (Å²) in [7, 11) is 0. The van der Waals surface area contributed by atoms with Crippen molar-refractivity contribution in [3.8, 4) is 32.7 Å². The monoisotopic (exact) mass is 433 g/mol. The molecular weight excluding hydrogens is 406 g/mol. The number of carbonyl (C=O) groups excluding carboxylic acids is 1. The lowest BCUT2D eigenvalue weighted by Crippen LogP contribution is -2.05. The molecule has 0 aliphatic rings. The van der Waals surface area contributed by atoms with Crippen LogP contribution in [0.5, 0.6) is 5.75 Å². The van der Waals surface area contributed by atoms with E-state index in [2.05, 4.69) is 43.3 Å². The van der Waals surface area contributed by atoms with E-state index < -0.39 is 0 Å². The van der Waals surface area contributed by atoms with E-state index in [4.69, 9.17) is 9.47 Å². The van der Waals surface area contributed by atoms with E-state index in [0.29, 0.717) is 37.4 Å². The fourth-order valence-electron chi connectivity index (χ4n) is 3.38. The quantitative estimate of drug-likeness (QED) is 0.359. The summed E-state index contributed by atoms with van der Waals surface area (Å²) in [4.78, 5) is 13.9. The second kappa shape index (κ2) is 10.8. The Labute approximate surface area is 188 Å². The number of ether oxygens (including phenoxy) is 2. The average molecular weight is 434 g/mol. The molecule has 0 saturated carbocycles. The van der Waals surface area contributed by atoms with Gasteiger partial charge in [0.1, 0.15) is 11.8 Å². The maximum absolute atomic E-state index is 11.6. The van der Waals surface area contributed by atoms with Crippen molar-refractivity contribution in [3.05, 3.63) is 65.2 Å². The van der Waals surface area contributed by atoms with E-state index >= 15 is 0 Å². The number of carbonyl (C=O) groups is 1. The van der Waals surface area contributed by atoms with E-state index in [1.54, 1.807) is 11.3 Å². The summed E-state index contributed by atoms with van der Waals surface area (Å²) < 4.78 is 10.7. The maximum Gasteiger partial charge on any atom is 0.306 e. The second-order valence-electron chi connectivity index (χ2n) is 7.29. The smallest absolute Gasteiger partial charge is 0.306 e. The lowest BCUT2D eigenvalue weighted by molar-refractivity contribution is -0.143. The molecule has 0 amide bonds. The summed E-state index contributed by atoms with van der Waals surface area (Å²) >= 11 is 1.70. The Hall–Kier alpha value is -3.10. The number of rotatable bonds is 9. The van der Waals surface area contributed by atoms with Gasteiger partial charge in [0.05, 0.1) is 18.8 Å². The van der Waals surface area contributed by atoms with E-state index in [1.165, 1.54) is 16.0 Å². The van der Waals surface area contributed by atoms with Crippen LogP contribution in [0.25, 0.3) is 20.9 Å². The first-order chi connectivity index (χ1) is 15.0. The van der Waals surface area contributed by atoms with Gasteiger partial charge in [0, 0.05) is 16.2 Å². The zero-order valence-corrected chi connectivity index (χ0v) is 19.1. The Kier molecular flexibility index (Phi) is 7.86. The first kappa shape index (κ1) is 22.6. The van der Waals surface area contributed by atoms with Gasteiger partial charge in [-0.25, -0.2) is 0 Å². The van der Waals surface area contributed by atoms with Crippen molar-refractivity contribution in [2.24, 2.45) is 0 Å². The second-order valence-corrected chi connectivity index (χ2v) is 8.37. The molecule has 0 bridgehead atoms. The summed E-state index contributed by atoms with van der Waals surface area (Å²) in [5.74, 6) is 0.481. The highest BCUT2D eigenvalue weighted by Gasteiger charge is 2.11. The largest absolute Gasteiger partial charge is 0.492 e. The molecule has 0 spiro atoms. The fraction of sp³-hybridized carbons (Fsp3) is 0.308. The van der Waals surface area contributed by atoms with E-state index in [9.17, 15) is 10.1 Å². The van der Waals surface area contributed by atoms with Crippen molar-refractivity contribution < 1.29 is 14.3 Å². The van der Waals surface area contributed by atoms with Crippen LogP contribution in [-0.2, 0) is 16.0 Å². The Bertz CT molecular complexity index is 1090. The third-order valence-electron chi connectivity index (χ3n) is 4.93. The van der Waals surface area contributed by atoms with E-state index in [-0.39, 0.29) is 5.97 Å². The molecule has 1 heterocycles. The van der Waals surface area contributed by atoms with Crippen LogP contribution in [0.15, 0.2) is 48.5 Å². The molecule has 4 nitrogen and oxygen atoms in total. The van der Waals surface area contributed by atoms with E-state index in [0.717, 1.165) is 22.4 Å². The molecule has 0 fully saturated rings. The predicted molar refractivity (Wildman–Crippen MR) is 125 cm³/mol. The minimum atomic E-state index is -0.157. The molecule has 0 saturated heterocycles. The van der Waals surface area contributed by atoms with Crippen LogP contribution in [0.2, 0.25) is 0 Å². The van der Waals surface area contributed by atoms with Crippen LogP contribution >= 0.6 is 11.3 Å². The lowest BCUT2D eigenvalue weighted by atomic mass is 10.0. The average Bonchev–Trinajstić information content (AvgIpc) is 3.26. The van der Waals surface area contributed by atoms with Crippen LogP contribution in [0.3, 0.4) is 0 Å². The van der Waals surface area contributed by atoms with Gasteiger partial charge in [-0.1, -0.05) is 25.1 Å². The number of aryl methyl sites for hydroxylation is 2. The van der Waals surface area contributed by atoms with Gasteiger partial charge in [0.2, 0.25) is 0 Å². The topological polar surface area (TPSA) is 59.3 Å². The third kappa shape index (κ3) is 5.74. The summed E-state index contributed by atoms with van der Waals surface area (Å²) in [5, 5.41) is 9.49. The molecule has 3 aromatic rings. The molecule has 2 aromatic carbocycles. The third-order valence-corrected chi connectivity index (χ3v) is 6.10. The normalized spacial score (nSPS) is 10.5. The van der Waals surface area contributed by atoms with Crippen molar-refractivity contribution in [2.75, 3.05) is 13.2 Å². The zero-order chi connectivity index (χ0) is 22.2. The van der Waals surface area contributed by atoms with Gasteiger partial charge < -0.3 is 9.47 Å². The highest BCUT2D eigenvalue weighted by Crippen LogP contribution is 2.37. The van der Waals surface area contributed by atoms with Gasteiger partial charge >= 0.3 is 5.97 Å². The number of benzene rings is 2. The standard InChI is InChI=1S/C26H27NO3S/c1-4-14-30-23-10-8-20(16-21(23)17-27)24-11-12-25(31-24)22-9-6-19(15-18(22)3)7-13-26(28)29-5-2/h6,8-12,15-16H,4-5,7,13-14H2,1-3H3. The minimum absolute atomic E-state index is 0.157. The van der Waals surface area contributed by atoms with Crippen LogP contribution in [0.4, 0.5) is 0 Å². The molecule has 0 aliphatic carbocycles. The summed E-state index contributed by atoms with van der Waals surface area (Å²) in [6.45, 7) is 6.98. The molecule has 3 rings (SSSR count). The lowest BCUT2D eigenvalue weighted by Gasteiger charge is -2.08. The van der Waals surface area contributed by atoms with Gasteiger partial charge in [-0.05, 0) is 79.3 Å². The summed E-state index contributed by atoms with van der Waals surface area (Å²) in [6, 6.07) is 18.6. The molecule has 0 N–H and O–H groups in total. The van der Waals surface area contributed by atoms with Crippen LogP contribution in [0, 0.1) is 18.3 Å². The van der Waals surface area contributed by atoms with E-state index in [1.807, 2.05) is 32.0 Å². The van der Waals surface area contributed by atoms with Crippen molar-refractivity contribution in [1.29, 1.82) is 5.26 Å². The Morgan fingerprint density at radius 2 is 1.87 bits per heavy atom. The highest BCUT2D eigenvalue weighted by atomic mass is 32.1. The Morgan fingerprint density at radius 1 is 1.06 bits per heavy atom. The molecule has 0 atom stereocenters. The summed E-state index contributed by atoms with van der Waals surface area (Å²) in [5.41, 5.74) is 5.06. The number of nitrogens with zero attached hydrogens (tertiary/aromatic N) is 1. The highest BCUT2D eigenvalue weighted by molar-refractivity contribution is 7.18. The number of thiophene rings is 1. The molecule has 1 aromatic heterocycles. The Morgan fingerprint density at radius 3 is 2.58 bits per heavy atom. The van der Waals surface area contributed by atoms with Gasteiger partial charge in [0.15, 0.2) is 0 Å². The molecule has 5 heteroatoms. The van der Waals surface area contributed by atoms with Gasteiger partial charge in [-0.3, -0.25) is 4.79 Å². The molecule has 0 aliphatic heterocycles. The SMILES string of the molecule is CCCOc1ccc(-c2ccc(-c3ccc(CCC(=O)OCC)cc3C)s2)cc1C#N. The first-order valence-corrected chi connectivity index (χ1v) is 11.4. The van der Waals surface area contributed by atoms with Crippen LogP contribution in [0.1, 0.15) is 43.4 Å². The van der Waals surface area contributed by atoms with Crippen LogP contribution in [-0.4, -0.2) is 19.2 Å². The number of hydrogen-bond donors (Lipinski definition) is 0. The zero-order valence-electron chi connectivity index (χ0n) is 18.2. The first-order valence-electron chi connectivity index (χ1n) is 10.6. The Balaban J connectivity index is 1.78. The van der Waals surface area contributed by atoms with Gasteiger partial charge in [-0.2, -0.15) is 5.26 Å². The fourth-order valence-corrected chi connectivity index (χ4v) is 4.48. The molecular formula is C26H27NO3S. The van der Waals surface area contributed by atoms with Crippen molar-refractivity contribution in [2.45, 2.75) is 40.0 Å². The van der Waals surface area contributed by atoms with Gasteiger partial charge in [-0.15, -0.1) is 11.3 Å². The predicted octanol–water partition coefficient (Wildman–Crippen LogP) is 6.55. The molecule has 0 radical (unpaired) electrons. The summed E-state index contributed by atoms with van der Waals surface area (Å²) in [6.07, 6.45) is 1.98. The van der Waals surface area contributed by atoms with Crippen molar-refractivity contribution in [3.63, 3.8) is 0 Å². The maximum atomic E-state index is 11.6. The number of nitriles is 1. The molecule has 31 heavy (non-hydrogen) atoms. The minimum Gasteiger partial charge on any atom is -0.492 e. The molecule has 0 unspecified atom stereocenters. The van der Waals surface area contributed by atoms with Crippen LogP contribution < -0.4 is 4.74 Å². The van der Waals surface area contributed by atoms with Crippen molar-refractivity contribution >= 4 is 17.3 Å². The van der Waals surface area contributed by atoms with Gasteiger partial charge in [0.25, 0.3) is 0 Å². The molecule has 160 valence electrons.